The van der Waals surface area contributed by atoms with Crippen molar-refractivity contribution in [3.8, 4) is 33.4 Å². The standard InChI is InChI=1S/C47H34N2O/c1-31-44(37-25-21-34(22-26-37)32-13-5-2-6-14-32)48-47(38-27-23-35(24-28-38)33-15-7-3-8-16-33)49-45(31)41-30-29-39(36-17-9-4-10-18-36)46-43(41)40-19-11-12-20-42(40)50-46/h2-30,44H,1H3,(H,48,49). The monoisotopic (exact) mass is 642 g/mol. The van der Waals surface area contributed by atoms with Crippen LogP contribution in [0.3, 0.4) is 0 Å². The number of fused-ring (bicyclic) bond motifs is 3. The van der Waals surface area contributed by atoms with Crippen molar-refractivity contribution >= 4 is 33.5 Å². The summed E-state index contributed by atoms with van der Waals surface area (Å²) in [4.78, 5) is 5.43. The number of nitrogens with one attached hydrogen (secondary N) is 1. The molecule has 2 heterocycles. The average Bonchev–Trinajstić information content (AvgIpc) is 3.59. The van der Waals surface area contributed by atoms with Gasteiger partial charge in [-0.05, 0) is 58.0 Å². The number of hydrogen-bond donors (Lipinski definition) is 1. The van der Waals surface area contributed by atoms with Gasteiger partial charge >= 0.3 is 0 Å². The second kappa shape index (κ2) is 12.5. The molecular formula is C47H34N2O. The zero-order valence-electron chi connectivity index (χ0n) is 27.7. The SMILES string of the molecule is CC1=C(c2ccc(-c3ccccc3)c3oc4ccccc4c23)N=C(c2ccc(-c3ccccc3)cc2)NC1c1ccc(-c2ccccc2)cc1. The molecule has 1 aliphatic heterocycles. The predicted octanol–water partition coefficient (Wildman–Crippen LogP) is 12.1. The molecule has 0 radical (unpaired) electrons. The van der Waals surface area contributed by atoms with Crippen molar-refractivity contribution in [1.82, 2.24) is 5.32 Å². The average molecular weight is 643 g/mol. The second-order valence-electron chi connectivity index (χ2n) is 12.8. The van der Waals surface area contributed by atoms with Gasteiger partial charge in [-0.3, -0.25) is 0 Å². The summed E-state index contributed by atoms with van der Waals surface area (Å²) >= 11 is 0. The van der Waals surface area contributed by atoms with Gasteiger partial charge < -0.3 is 9.73 Å². The minimum absolute atomic E-state index is 0.0851. The fourth-order valence-corrected chi connectivity index (χ4v) is 7.19. The van der Waals surface area contributed by atoms with Crippen molar-refractivity contribution in [2.24, 2.45) is 4.99 Å². The van der Waals surface area contributed by atoms with Crippen molar-refractivity contribution in [1.29, 1.82) is 0 Å². The summed E-state index contributed by atoms with van der Waals surface area (Å²) in [7, 11) is 0. The van der Waals surface area contributed by atoms with E-state index in [1.807, 2.05) is 18.2 Å². The van der Waals surface area contributed by atoms with Crippen LogP contribution in [0.25, 0.3) is 61.0 Å². The van der Waals surface area contributed by atoms with E-state index in [1.165, 1.54) is 27.8 Å². The van der Waals surface area contributed by atoms with Crippen LogP contribution in [0.15, 0.2) is 191 Å². The molecule has 1 aliphatic rings. The number of furan rings is 1. The molecule has 0 fully saturated rings. The molecule has 3 nitrogen and oxygen atoms in total. The summed E-state index contributed by atoms with van der Waals surface area (Å²) < 4.78 is 6.65. The lowest BCUT2D eigenvalue weighted by atomic mass is 9.90. The zero-order valence-corrected chi connectivity index (χ0v) is 27.7. The van der Waals surface area contributed by atoms with Gasteiger partial charge in [-0.15, -0.1) is 0 Å². The van der Waals surface area contributed by atoms with Crippen LogP contribution < -0.4 is 5.32 Å². The number of amidine groups is 1. The third-order valence-corrected chi connectivity index (χ3v) is 9.79. The normalized spacial score (nSPS) is 14.5. The molecule has 8 aromatic rings. The molecule has 1 unspecified atom stereocenters. The first-order chi connectivity index (χ1) is 24.7. The Morgan fingerprint density at radius 2 is 0.980 bits per heavy atom. The molecule has 0 saturated heterocycles. The Hall–Kier alpha value is -6.45. The van der Waals surface area contributed by atoms with Gasteiger partial charge in [0.2, 0.25) is 0 Å². The second-order valence-corrected chi connectivity index (χ2v) is 12.8. The third-order valence-electron chi connectivity index (χ3n) is 9.79. The molecule has 0 spiro atoms. The summed E-state index contributed by atoms with van der Waals surface area (Å²) in [5, 5.41) is 6.01. The molecule has 9 rings (SSSR count). The molecule has 3 heteroatoms. The van der Waals surface area contributed by atoms with Crippen molar-refractivity contribution in [3.05, 3.63) is 198 Å². The van der Waals surface area contributed by atoms with E-state index in [9.17, 15) is 0 Å². The van der Waals surface area contributed by atoms with Crippen LogP contribution in [0, 0.1) is 0 Å². The van der Waals surface area contributed by atoms with Crippen LogP contribution in [0.2, 0.25) is 0 Å². The van der Waals surface area contributed by atoms with Gasteiger partial charge in [0.1, 0.15) is 17.0 Å². The summed E-state index contributed by atoms with van der Waals surface area (Å²) in [6.07, 6.45) is 0. The van der Waals surface area contributed by atoms with Crippen molar-refractivity contribution < 1.29 is 4.42 Å². The number of benzene rings is 7. The zero-order chi connectivity index (χ0) is 33.4. The molecule has 0 bridgehead atoms. The number of para-hydroxylation sites is 1. The van der Waals surface area contributed by atoms with Gasteiger partial charge in [0, 0.05) is 27.5 Å². The van der Waals surface area contributed by atoms with E-state index in [0.717, 1.165) is 61.3 Å². The van der Waals surface area contributed by atoms with Crippen molar-refractivity contribution in [3.63, 3.8) is 0 Å². The number of aliphatic imine (C=N–C) groups is 1. The summed E-state index contributed by atoms with van der Waals surface area (Å²) in [5.41, 5.74) is 14.1. The molecule has 0 aliphatic carbocycles. The number of rotatable bonds is 6. The Balaban J connectivity index is 1.22. The van der Waals surface area contributed by atoms with Gasteiger partial charge in [0.15, 0.2) is 0 Å². The van der Waals surface area contributed by atoms with Crippen LogP contribution in [0.5, 0.6) is 0 Å². The van der Waals surface area contributed by atoms with Gasteiger partial charge in [0.05, 0.1) is 11.7 Å². The topological polar surface area (TPSA) is 37.5 Å². The Morgan fingerprint density at radius 1 is 0.480 bits per heavy atom. The van der Waals surface area contributed by atoms with Crippen molar-refractivity contribution in [2.75, 3.05) is 0 Å². The first-order valence-electron chi connectivity index (χ1n) is 17.1. The molecule has 1 atom stereocenters. The molecule has 238 valence electrons. The van der Waals surface area contributed by atoms with E-state index in [1.54, 1.807) is 0 Å². The first kappa shape index (κ1) is 29.7. The van der Waals surface area contributed by atoms with E-state index in [-0.39, 0.29) is 6.04 Å². The smallest absolute Gasteiger partial charge is 0.143 e. The molecule has 1 N–H and O–H groups in total. The third kappa shape index (κ3) is 5.30. The largest absolute Gasteiger partial charge is 0.455 e. The quantitative estimate of drug-likeness (QED) is 0.196. The van der Waals surface area contributed by atoms with Crippen LogP contribution in [0.1, 0.15) is 29.7 Å². The Kier molecular flexibility index (Phi) is 7.44. The van der Waals surface area contributed by atoms with Crippen LogP contribution >= 0.6 is 0 Å². The molecule has 1 aromatic heterocycles. The summed E-state index contributed by atoms with van der Waals surface area (Å²) in [5.74, 6) is 0.843. The van der Waals surface area contributed by atoms with Crippen molar-refractivity contribution in [2.45, 2.75) is 13.0 Å². The molecule has 7 aromatic carbocycles. The van der Waals surface area contributed by atoms with Gasteiger partial charge in [-0.2, -0.15) is 0 Å². The van der Waals surface area contributed by atoms with Gasteiger partial charge in [-0.1, -0.05) is 164 Å². The highest BCUT2D eigenvalue weighted by atomic mass is 16.3. The maximum Gasteiger partial charge on any atom is 0.143 e. The minimum Gasteiger partial charge on any atom is -0.455 e. The van der Waals surface area contributed by atoms with Crippen LogP contribution in [-0.2, 0) is 0 Å². The lowest BCUT2D eigenvalue weighted by Gasteiger charge is -2.29. The fourth-order valence-electron chi connectivity index (χ4n) is 7.19. The highest BCUT2D eigenvalue weighted by molar-refractivity contribution is 6.15. The molecule has 0 saturated carbocycles. The van der Waals surface area contributed by atoms with Gasteiger partial charge in [0.25, 0.3) is 0 Å². The maximum atomic E-state index is 6.65. The Labute approximate surface area is 291 Å². The molecule has 0 amide bonds. The summed E-state index contributed by atoms with van der Waals surface area (Å²) in [6, 6.07) is 61.8. The highest BCUT2D eigenvalue weighted by Gasteiger charge is 2.28. The first-order valence-corrected chi connectivity index (χ1v) is 17.1. The van der Waals surface area contributed by atoms with Crippen LogP contribution in [-0.4, -0.2) is 5.84 Å². The lowest BCUT2D eigenvalue weighted by Crippen LogP contribution is -2.33. The highest BCUT2D eigenvalue weighted by Crippen LogP contribution is 2.43. The minimum atomic E-state index is -0.0851. The molecular weight excluding hydrogens is 609 g/mol. The van der Waals surface area contributed by atoms with E-state index < -0.39 is 0 Å². The Morgan fingerprint density at radius 3 is 1.62 bits per heavy atom. The number of nitrogens with zero attached hydrogens (tertiary/aromatic N) is 1. The fraction of sp³-hybridized carbons (Fsp3) is 0.0426. The number of hydrogen-bond acceptors (Lipinski definition) is 3. The summed E-state index contributed by atoms with van der Waals surface area (Å²) in [6.45, 7) is 2.20. The Bertz CT molecular complexity index is 2530. The van der Waals surface area contributed by atoms with E-state index >= 15 is 0 Å². The maximum absolute atomic E-state index is 6.65. The van der Waals surface area contributed by atoms with Crippen LogP contribution in [0.4, 0.5) is 0 Å². The van der Waals surface area contributed by atoms with E-state index in [2.05, 4.69) is 170 Å². The van der Waals surface area contributed by atoms with E-state index in [4.69, 9.17) is 9.41 Å². The molecule has 50 heavy (non-hydrogen) atoms. The predicted molar refractivity (Wildman–Crippen MR) is 208 cm³/mol. The van der Waals surface area contributed by atoms with E-state index in [0.29, 0.717) is 0 Å². The lowest BCUT2D eigenvalue weighted by molar-refractivity contribution is 0.670. The van der Waals surface area contributed by atoms with Gasteiger partial charge in [-0.25, -0.2) is 4.99 Å².